The Labute approximate surface area is 138 Å². The SMILES string of the molecule is CC(C)c1noc([C@H]2CCCCN2C(=O)NC2CCCCC2)n1. The third-order valence-corrected chi connectivity index (χ3v) is 4.96. The standard InChI is InChI=1S/C17H28N4O2/c1-12(2)15-19-16(23-20-15)14-10-6-7-11-21(14)17(22)18-13-8-4-3-5-9-13/h12-14H,3-11H2,1-2H3,(H,18,22)/t14-/m1/s1. The summed E-state index contributed by atoms with van der Waals surface area (Å²) in [4.78, 5) is 19.1. The Hall–Kier alpha value is -1.59. The lowest BCUT2D eigenvalue weighted by atomic mass is 9.95. The first-order valence-electron chi connectivity index (χ1n) is 9.06. The third kappa shape index (κ3) is 3.85. The van der Waals surface area contributed by atoms with Crippen LogP contribution in [0, 0.1) is 0 Å². The van der Waals surface area contributed by atoms with Crippen LogP contribution in [0.3, 0.4) is 0 Å². The molecule has 23 heavy (non-hydrogen) atoms. The van der Waals surface area contributed by atoms with Crippen molar-refractivity contribution in [3.05, 3.63) is 11.7 Å². The highest BCUT2D eigenvalue weighted by molar-refractivity contribution is 5.75. The Kier molecular flexibility index (Phi) is 5.18. The number of urea groups is 1. The molecule has 2 fully saturated rings. The van der Waals surface area contributed by atoms with Gasteiger partial charge in [0.25, 0.3) is 0 Å². The minimum Gasteiger partial charge on any atom is -0.337 e. The number of aromatic nitrogens is 2. The van der Waals surface area contributed by atoms with E-state index in [0.29, 0.717) is 11.9 Å². The molecule has 3 rings (SSSR count). The lowest BCUT2D eigenvalue weighted by molar-refractivity contribution is 0.127. The van der Waals surface area contributed by atoms with E-state index in [1.165, 1.54) is 19.3 Å². The molecule has 1 aliphatic carbocycles. The number of nitrogens with zero attached hydrogens (tertiary/aromatic N) is 3. The van der Waals surface area contributed by atoms with Crippen molar-refractivity contribution in [3.63, 3.8) is 0 Å². The highest BCUT2D eigenvalue weighted by Crippen LogP contribution is 2.31. The third-order valence-electron chi connectivity index (χ3n) is 4.96. The number of carbonyl (C=O) groups excluding carboxylic acids is 1. The Bertz CT molecular complexity index is 522. The van der Waals surface area contributed by atoms with E-state index in [-0.39, 0.29) is 18.0 Å². The molecule has 0 unspecified atom stereocenters. The fourth-order valence-electron chi connectivity index (χ4n) is 3.55. The number of hydrogen-bond acceptors (Lipinski definition) is 4. The van der Waals surface area contributed by atoms with Crippen molar-refractivity contribution in [2.45, 2.75) is 83.2 Å². The van der Waals surface area contributed by atoms with Crippen LogP contribution in [0.15, 0.2) is 4.52 Å². The van der Waals surface area contributed by atoms with E-state index < -0.39 is 0 Å². The van der Waals surface area contributed by atoms with Gasteiger partial charge in [-0.15, -0.1) is 0 Å². The molecule has 6 nitrogen and oxygen atoms in total. The maximum absolute atomic E-state index is 12.7. The molecule has 1 saturated carbocycles. The summed E-state index contributed by atoms with van der Waals surface area (Å²) in [6.45, 7) is 4.86. The van der Waals surface area contributed by atoms with Crippen molar-refractivity contribution >= 4 is 6.03 Å². The fraction of sp³-hybridized carbons (Fsp3) is 0.824. The average molecular weight is 320 g/mol. The van der Waals surface area contributed by atoms with Crippen LogP contribution in [-0.4, -0.2) is 33.7 Å². The van der Waals surface area contributed by atoms with Gasteiger partial charge < -0.3 is 14.7 Å². The number of carbonyl (C=O) groups is 1. The minimum atomic E-state index is -0.0765. The average Bonchev–Trinajstić information content (AvgIpc) is 3.06. The molecule has 0 radical (unpaired) electrons. The highest BCUT2D eigenvalue weighted by atomic mass is 16.5. The lowest BCUT2D eigenvalue weighted by Gasteiger charge is -2.35. The normalized spacial score (nSPS) is 23.3. The van der Waals surface area contributed by atoms with Gasteiger partial charge in [0.15, 0.2) is 5.82 Å². The number of hydrogen-bond donors (Lipinski definition) is 1. The maximum atomic E-state index is 12.7. The summed E-state index contributed by atoms with van der Waals surface area (Å²) < 4.78 is 5.45. The molecule has 128 valence electrons. The molecule has 2 heterocycles. The summed E-state index contributed by atoms with van der Waals surface area (Å²) in [5.41, 5.74) is 0. The number of rotatable bonds is 3. The van der Waals surface area contributed by atoms with E-state index in [1.807, 2.05) is 18.7 Å². The highest BCUT2D eigenvalue weighted by Gasteiger charge is 2.33. The van der Waals surface area contributed by atoms with E-state index in [0.717, 1.165) is 44.5 Å². The molecule has 0 bridgehead atoms. The van der Waals surface area contributed by atoms with Gasteiger partial charge in [-0.1, -0.05) is 38.3 Å². The number of piperidine rings is 1. The van der Waals surface area contributed by atoms with Gasteiger partial charge in [-0.05, 0) is 32.1 Å². The molecule has 1 saturated heterocycles. The van der Waals surface area contributed by atoms with E-state index >= 15 is 0 Å². The molecule has 1 atom stereocenters. The van der Waals surface area contributed by atoms with Crippen LogP contribution in [0.25, 0.3) is 0 Å². The zero-order valence-electron chi connectivity index (χ0n) is 14.3. The van der Waals surface area contributed by atoms with Crippen LogP contribution in [0.1, 0.15) is 88.9 Å². The molecule has 1 N–H and O–H groups in total. The summed E-state index contributed by atoms with van der Waals surface area (Å²) in [6.07, 6.45) is 8.96. The predicted molar refractivity (Wildman–Crippen MR) is 87.1 cm³/mol. The largest absolute Gasteiger partial charge is 0.337 e. The van der Waals surface area contributed by atoms with Gasteiger partial charge in [-0.25, -0.2) is 4.79 Å². The van der Waals surface area contributed by atoms with Gasteiger partial charge >= 0.3 is 6.03 Å². The molecular formula is C17H28N4O2. The Morgan fingerprint density at radius 1 is 1.17 bits per heavy atom. The summed E-state index contributed by atoms with van der Waals surface area (Å²) in [5.74, 6) is 1.55. The summed E-state index contributed by atoms with van der Waals surface area (Å²) in [5, 5.41) is 7.27. The van der Waals surface area contributed by atoms with Crippen molar-refractivity contribution in [1.29, 1.82) is 0 Å². The molecular weight excluding hydrogens is 292 g/mol. The number of nitrogens with one attached hydrogen (secondary N) is 1. The number of amides is 2. The van der Waals surface area contributed by atoms with Gasteiger partial charge in [0.2, 0.25) is 5.89 Å². The van der Waals surface area contributed by atoms with Crippen molar-refractivity contribution < 1.29 is 9.32 Å². The van der Waals surface area contributed by atoms with Crippen molar-refractivity contribution in [3.8, 4) is 0 Å². The Morgan fingerprint density at radius 3 is 2.61 bits per heavy atom. The van der Waals surface area contributed by atoms with Crippen LogP contribution >= 0.6 is 0 Å². The molecule has 1 aromatic rings. The van der Waals surface area contributed by atoms with Crippen molar-refractivity contribution in [2.75, 3.05) is 6.54 Å². The van der Waals surface area contributed by atoms with Crippen LogP contribution in [0.2, 0.25) is 0 Å². The van der Waals surface area contributed by atoms with Gasteiger partial charge in [0.1, 0.15) is 6.04 Å². The van der Waals surface area contributed by atoms with E-state index in [2.05, 4.69) is 15.5 Å². The Morgan fingerprint density at radius 2 is 1.91 bits per heavy atom. The van der Waals surface area contributed by atoms with Crippen LogP contribution in [-0.2, 0) is 0 Å². The number of likely N-dealkylation sites (tertiary alicyclic amines) is 1. The smallest absolute Gasteiger partial charge is 0.318 e. The summed E-state index contributed by atoms with van der Waals surface area (Å²) >= 11 is 0. The lowest BCUT2D eigenvalue weighted by Crippen LogP contribution is -2.48. The Balaban J connectivity index is 1.68. The molecule has 0 spiro atoms. The van der Waals surface area contributed by atoms with Gasteiger partial charge in [-0.2, -0.15) is 4.98 Å². The summed E-state index contributed by atoms with van der Waals surface area (Å²) in [6, 6.07) is 0.283. The van der Waals surface area contributed by atoms with Gasteiger partial charge in [0, 0.05) is 18.5 Å². The van der Waals surface area contributed by atoms with Crippen LogP contribution in [0.5, 0.6) is 0 Å². The maximum Gasteiger partial charge on any atom is 0.318 e. The molecule has 2 amide bonds. The second-order valence-corrected chi connectivity index (χ2v) is 7.13. The zero-order chi connectivity index (χ0) is 16.2. The quantitative estimate of drug-likeness (QED) is 0.920. The first-order valence-corrected chi connectivity index (χ1v) is 9.06. The zero-order valence-corrected chi connectivity index (χ0v) is 14.3. The second-order valence-electron chi connectivity index (χ2n) is 7.13. The fourth-order valence-corrected chi connectivity index (χ4v) is 3.55. The van der Waals surface area contributed by atoms with Gasteiger partial charge in [-0.3, -0.25) is 0 Å². The first-order chi connectivity index (χ1) is 11.1. The van der Waals surface area contributed by atoms with E-state index in [4.69, 9.17) is 4.52 Å². The van der Waals surface area contributed by atoms with Crippen molar-refractivity contribution in [1.82, 2.24) is 20.4 Å². The monoisotopic (exact) mass is 320 g/mol. The van der Waals surface area contributed by atoms with E-state index in [1.54, 1.807) is 0 Å². The molecule has 0 aromatic carbocycles. The van der Waals surface area contributed by atoms with Crippen LogP contribution in [0.4, 0.5) is 4.79 Å². The van der Waals surface area contributed by atoms with Crippen LogP contribution < -0.4 is 5.32 Å². The minimum absolute atomic E-state index is 0.0332. The molecule has 1 aliphatic heterocycles. The second kappa shape index (κ2) is 7.32. The van der Waals surface area contributed by atoms with Crippen molar-refractivity contribution in [2.24, 2.45) is 0 Å². The molecule has 2 aliphatic rings. The summed E-state index contributed by atoms with van der Waals surface area (Å²) in [7, 11) is 0. The molecule has 1 aromatic heterocycles. The van der Waals surface area contributed by atoms with E-state index in [9.17, 15) is 4.79 Å². The topological polar surface area (TPSA) is 71.3 Å². The molecule has 6 heteroatoms. The predicted octanol–water partition coefficient (Wildman–Crippen LogP) is 3.76. The van der Waals surface area contributed by atoms with Gasteiger partial charge in [0.05, 0.1) is 0 Å². The first kappa shape index (κ1) is 16.3.